The third-order valence-electron chi connectivity index (χ3n) is 3.11. The Labute approximate surface area is 120 Å². The molecule has 1 unspecified atom stereocenters. The predicted octanol–water partition coefficient (Wildman–Crippen LogP) is -1.58. The maximum absolute atomic E-state index is 11.4. The molecule has 20 heavy (non-hydrogen) atoms. The molecule has 0 aliphatic carbocycles. The number of β-amino-alcohol motifs (C(OH)–C–C–N with tert-alkyl or cyclic N) is 1. The second-order valence-corrected chi connectivity index (χ2v) is 4.86. The molecule has 1 heterocycles. The number of morpholine rings is 1. The van der Waals surface area contributed by atoms with Crippen LogP contribution in [0.5, 0.6) is 0 Å². The van der Waals surface area contributed by atoms with Crippen molar-refractivity contribution >= 4 is 5.91 Å². The SMILES string of the molecule is COCCNC(=O)CCNCC(O)CN1CCOCC1. The Hall–Kier alpha value is -0.730. The largest absolute Gasteiger partial charge is 0.390 e. The number of carbonyl (C=O) groups excluding carboxylic acids is 1. The molecule has 0 aromatic rings. The van der Waals surface area contributed by atoms with Gasteiger partial charge in [0.05, 0.1) is 25.9 Å². The first-order chi connectivity index (χ1) is 9.72. The van der Waals surface area contributed by atoms with E-state index in [0.717, 1.165) is 26.3 Å². The number of hydrogen-bond donors (Lipinski definition) is 3. The van der Waals surface area contributed by atoms with Gasteiger partial charge in [0.15, 0.2) is 0 Å². The lowest BCUT2D eigenvalue weighted by atomic mass is 10.3. The molecule has 1 aliphatic heterocycles. The number of amides is 1. The van der Waals surface area contributed by atoms with Crippen molar-refractivity contribution in [3.8, 4) is 0 Å². The van der Waals surface area contributed by atoms with Crippen LogP contribution in [-0.4, -0.2) is 88.2 Å². The third-order valence-corrected chi connectivity index (χ3v) is 3.11. The maximum Gasteiger partial charge on any atom is 0.221 e. The molecule has 0 saturated carbocycles. The van der Waals surface area contributed by atoms with E-state index in [2.05, 4.69) is 15.5 Å². The van der Waals surface area contributed by atoms with Crippen molar-refractivity contribution in [1.29, 1.82) is 0 Å². The quantitative estimate of drug-likeness (QED) is 0.421. The van der Waals surface area contributed by atoms with E-state index in [0.29, 0.717) is 39.2 Å². The molecule has 0 bridgehead atoms. The summed E-state index contributed by atoms with van der Waals surface area (Å²) in [6.07, 6.45) is -0.00166. The number of aliphatic hydroxyl groups excluding tert-OH is 1. The van der Waals surface area contributed by atoms with E-state index in [9.17, 15) is 9.90 Å². The summed E-state index contributed by atoms with van der Waals surface area (Å²) in [4.78, 5) is 13.6. The Balaban J connectivity index is 1.95. The molecule has 7 heteroatoms. The molecule has 1 amide bonds. The normalized spacial score (nSPS) is 17.9. The first kappa shape index (κ1) is 17.3. The summed E-state index contributed by atoms with van der Waals surface area (Å²) >= 11 is 0. The first-order valence-electron chi connectivity index (χ1n) is 7.17. The first-order valence-corrected chi connectivity index (χ1v) is 7.17. The van der Waals surface area contributed by atoms with E-state index in [1.165, 1.54) is 0 Å². The number of nitrogens with zero attached hydrogens (tertiary/aromatic N) is 1. The molecule has 3 N–H and O–H groups in total. The molecule has 1 saturated heterocycles. The van der Waals surface area contributed by atoms with Crippen molar-refractivity contribution in [2.75, 3.05) is 66.2 Å². The van der Waals surface area contributed by atoms with Crippen molar-refractivity contribution in [1.82, 2.24) is 15.5 Å². The van der Waals surface area contributed by atoms with E-state index < -0.39 is 6.10 Å². The van der Waals surface area contributed by atoms with Crippen molar-refractivity contribution < 1.29 is 19.4 Å². The molecule has 1 fully saturated rings. The smallest absolute Gasteiger partial charge is 0.221 e. The van der Waals surface area contributed by atoms with Gasteiger partial charge in [-0.15, -0.1) is 0 Å². The van der Waals surface area contributed by atoms with Crippen LogP contribution in [0.25, 0.3) is 0 Å². The minimum absolute atomic E-state index is 0.00257. The third kappa shape index (κ3) is 8.44. The fraction of sp³-hybridized carbons (Fsp3) is 0.923. The number of aliphatic hydroxyl groups is 1. The minimum atomic E-state index is -0.412. The van der Waals surface area contributed by atoms with Crippen LogP contribution < -0.4 is 10.6 Å². The number of methoxy groups -OCH3 is 1. The number of ether oxygens (including phenoxy) is 2. The highest BCUT2D eigenvalue weighted by Gasteiger charge is 2.14. The molecule has 1 rings (SSSR count). The molecule has 0 spiro atoms. The van der Waals surface area contributed by atoms with Crippen LogP contribution in [0, 0.1) is 0 Å². The predicted molar refractivity (Wildman–Crippen MR) is 75.6 cm³/mol. The van der Waals surface area contributed by atoms with E-state index in [1.807, 2.05) is 0 Å². The molecule has 1 atom stereocenters. The van der Waals surface area contributed by atoms with Gasteiger partial charge >= 0.3 is 0 Å². The van der Waals surface area contributed by atoms with Gasteiger partial charge in [0.2, 0.25) is 5.91 Å². The highest BCUT2D eigenvalue weighted by atomic mass is 16.5. The molecular weight excluding hydrogens is 262 g/mol. The maximum atomic E-state index is 11.4. The van der Waals surface area contributed by atoms with Crippen molar-refractivity contribution in [3.05, 3.63) is 0 Å². The van der Waals surface area contributed by atoms with Gasteiger partial charge in [-0.05, 0) is 0 Å². The monoisotopic (exact) mass is 289 g/mol. The summed E-state index contributed by atoms with van der Waals surface area (Å²) in [6.45, 7) is 6.01. The fourth-order valence-electron chi connectivity index (χ4n) is 2.00. The van der Waals surface area contributed by atoms with Gasteiger partial charge in [0.25, 0.3) is 0 Å². The van der Waals surface area contributed by atoms with Gasteiger partial charge in [-0.3, -0.25) is 9.69 Å². The molecule has 7 nitrogen and oxygen atoms in total. The lowest BCUT2D eigenvalue weighted by Gasteiger charge is -2.28. The van der Waals surface area contributed by atoms with Crippen LogP contribution in [0.2, 0.25) is 0 Å². The van der Waals surface area contributed by atoms with Crippen molar-refractivity contribution in [2.24, 2.45) is 0 Å². The van der Waals surface area contributed by atoms with Crippen LogP contribution >= 0.6 is 0 Å². The fourth-order valence-corrected chi connectivity index (χ4v) is 2.00. The Bertz CT molecular complexity index is 260. The van der Waals surface area contributed by atoms with Crippen molar-refractivity contribution in [3.63, 3.8) is 0 Å². The molecule has 1 aliphatic rings. The standard InChI is InChI=1S/C13H27N3O4/c1-19-7-4-15-13(18)2-3-14-10-12(17)11-16-5-8-20-9-6-16/h12,14,17H,2-11H2,1H3,(H,15,18). The lowest BCUT2D eigenvalue weighted by Crippen LogP contribution is -2.44. The second-order valence-electron chi connectivity index (χ2n) is 4.86. The summed E-state index contributed by atoms with van der Waals surface area (Å²) in [7, 11) is 1.60. The number of hydrogen-bond acceptors (Lipinski definition) is 6. The summed E-state index contributed by atoms with van der Waals surface area (Å²) in [5, 5.41) is 15.7. The van der Waals surface area contributed by atoms with Crippen LogP contribution in [0.4, 0.5) is 0 Å². The zero-order chi connectivity index (χ0) is 14.6. The van der Waals surface area contributed by atoms with Gasteiger partial charge in [-0.2, -0.15) is 0 Å². The van der Waals surface area contributed by atoms with Crippen molar-refractivity contribution in [2.45, 2.75) is 12.5 Å². The van der Waals surface area contributed by atoms with E-state index in [-0.39, 0.29) is 5.91 Å². The summed E-state index contributed by atoms with van der Waals surface area (Å²) in [5.41, 5.74) is 0. The Kier molecular flexibility index (Phi) is 9.52. The van der Waals surface area contributed by atoms with E-state index >= 15 is 0 Å². The summed E-state index contributed by atoms with van der Waals surface area (Å²) < 4.78 is 10.1. The Morgan fingerprint density at radius 2 is 2.15 bits per heavy atom. The molecule has 0 radical (unpaired) electrons. The van der Waals surface area contributed by atoms with Gasteiger partial charge in [-0.25, -0.2) is 0 Å². The molecular formula is C13H27N3O4. The Morgan fingerprint density at radius 3 is 2.85 bits per heavy atom. The van der Waals surface area contributed by atoms with Gasteiger partial charge < -0.3 is 25.2 Å². The van der Waals surface area contributed by atoms with Crippen LogP contribution in [0.3, 0.4) is 0 Å². The average Bonchev–Trinajstić information content (AvgIpc) is 2.45. The van der Waals surface area contributed by atoms with E-state index in [4.69, 9.17) is 9.47 Å². The highest BCUT2D eigenvalue weighted by molar-refractivity contribution is 5.75. The second kappa shape index (κ2) is 11.0. The summed E-state index contributed by atoms with van der Waals surface area (Å²) in [6, 6.07) is 0. The highest BCUT2D eigenvalue weighted by Crippen LogP contribution is 1.98. The number of nitrogens with one attached hydrogen (secondary N) is 2. The topological polar surface area (TPSA) is 83.1 Å². The van der Waals surface area contributed by atoms with Crippen LogP contribution in [0.1, 0.15) is 6.42 Å². The summed E-state index contributed by atoms with van der Waals surface area (Å²) in [5.74, 6) is -0.00257. The lowest BCUT2D eigenvalue weighted by molar-refractivity contribution is -0.121. The zero-order valence-electron chi connectivity index (χ0n) is 12.3. The molecule has 118 valence electrons. The average molecular weight is 289 g/mol. The molecule has 0 aromatic carbocycles. The number of rotatable bonds is 10. The van der Waals surface area contributed by atoms with E-state index in [1.54, 1.807) is 7.11 Å². The van der Waals surface area contributed by atoms with Gasteiger partial charge in [0, 0.05) is 52.8 Å². The van der Waals surface area contributed by atoms with Crippen LogP contribution in [-0.2, 0) is 14.3 Å². The zero-order valence-corrected chi connectivity index (χ0v) is 12.3. The van der Waals surface area contributed by atoms with Gasteiger partial charge in [0.1, 0.15) is 0 Å². The van der Waals surface area contributed by atoms with Crippen LogP contribution in [0.15, 0.2) is 0 Å². The van der Waals surface area contributed by atoms with Gasteiger partial charge in [-0.1, -0.05) is 0 Å². The molecule has 0 aromatic heterocycles. The Morgan fingerprint density at radius 1 is 1.40 bits per heavy atom. The minimum Gasteiger partial charge on any atom is -0.390 e. The number of carbonyl (C=O) groups is 1.